The molecule has 1 amide bonds. The van der Waals surface area contributed by atoms with E-state index in [-0.39, 0.29) is 12.1 Å². The molecule has 0 atom stereocenters. The topological polar surface area (TPSA) is 67.9 Å². The number of nitrogens with one attached hydrogen (secondary N) is 1. The minimum atomic E-state index is -0.476. The fourth-order valence-corrected chi connectivity index (χ4v) is 2.27. The molecule has 146 valence electrons. The van der Waals surface area contributed by atoms with E-state index in [1.807, 2.05) is 58.2 Å². The summed E-state index contributed by atoms with van der Waals surface area (Å²) in [5.41, 5.74) is 0.520. The summed E-state index contributed by atoms with van der Waals surface area (Å²) in [5.74, 6) is -0.172. The highest BCUT2D eigenvalue weighted by atomic mass is 16.6. The summed E-state index contributed by atoms with van der Waals surface area (Å²) < 4.78 is 10.4. The SMILES string of the molecule is CN(CCCNC(=O)OC(C)(C)C)CCCC(=O)OCc1ccccc1. The van der Waals surface area contributed by atoms with Gasteiger partial charge in [0.15, 0.2) is 0 Å². The smallest absolute Gasteiger partial charge is 0.407 e. The summed E-state index contributed by atoms with van der Waals surface area (Å²) in [6.07, 6.45) is 1.60. The third-order valence-corrected chi connectivity index (χ3v) is 3.55. The molecule has 0 bridgehead atoms. The first-order valence-corrected chi connectivity index (χ1v) is 9.11. The van der Waals surface area contributed by atoms with E-state index in [1.54, 1.807) is 0 Å². The van der Waals surface area contributed by atoms with Gasteiger partial charge in [-0.2, -0.15) is 0 Å². The molecule has 1 rings (SSSR count). The van der Waals surface area contributed by atoms with Crippen molar-refractivity contribution >= 4 is 12.1 Å². The molecular formula is C20H32N2O4. The highest BCUT2D eigenvalue weighted by Crippen LogP contribution is 2.06. The molecule has 0 radical (unpaired) electrons. The molecule has 0 saturated heterocycles. The Morgan fingerprint density at radius 3 is 2.38 bits per heavy atom. The molecule has 0 fully saturated rings. The van der Waals surface area contributed by atoms with Crippen molar-refractivity contribution < 1.29 is 19.1 Å². The van der Waals surface area contributed by atoms with Gasteiger partial charge >= 0.3 is 12.1 Å². The number of carbonyl (C=O) groups excluding carboxylic acids is 2. The van der Waals surface area contributed by atoms with E-state index < -0.39 is 5.60 Å². The second-order valence-electron chi connectivity index (χ2n) is 7.34. The van der Waals surface area contributed by atoms with Crippen LogP contribution < -0.4 is 5.32 Å². The van der Waals surface area contributed by atoms with Crippen LogP contribution in [0.1, 0.15) is 45.6 Å². The Kier molecular flexibility index (Phi) is 9.73. The van der Waals surface area contributed by atoms with Crippen molar-refractivity contribution in [3.05, 3.63) is 35.9 Å². The monoisotopic (exact) mass is 364 g/mol. The minimum Gasteiger partial charge on any atom is -0.461 e. The molecule has 0 unspecified atom stereocenters. The van der Waals surface area contributed by atoms with Gasteiger partial charge in [-0.05, 0) is 59.3 Å². The van der Waals surface area contributed by atoms with Gasteiger partial charge < -0.3 is 19.7 Å². The number of amides is 1. The molecule has 0 heterocycles. The lowest BCUT2D eigenvalue weighted by atomic mass is 10.2. The molecule has 6 nitrogen and oxygen atoms in total. The maximum Gasteiger partial charge on any atom is 0.407 e. The number of hydrogen-bond acceptors (Lipinski definition) is 5. The number of carbonyl (C=O) groups is 2. The Morgan fingerprint density at radius 1 is 1.08 bits per heavy atom. The summed E-state index contributed by atoms with van der Waals surface area (Å²) in [4.78, 5) is 25.4. The first-order valence-electron chi connectivity index (χ1n) is 9.11. The van der Waals surface area contributed by atoms with E-state index in [9.17, 15) is 9.59 Å². The van der Waals surface area contributed by atoms with Gasteiger partial charge in [0.1, 0.15) is 12.2 Å². The van der Waals surface area contributed by atoms with Crippen LogP contribution in [0.25, 0.3) is 0 Å². The van der Waals surface area contributed by atoms with Crippen LogP contribution >= 0.6 is 0 Å². The molecule has 0 aliphatic carbocycles. The Bertz CT molecular complexity index is 540. The summed E-state index contributed by atoms with van der Waals surface area (Å²) >= 11 is 0. The fraction of sp³-hybridized carbons (Fsp3) is 0.600. The molecule has 0 spiro atoms. The maximum atomic E-state index is 11.7. The highest BCUT2D eigenvalue weighted by Gasteiger charge is 2.15. The second-order valence-corrected chi connectivity index (χ2v) is 7.34. The van der Waals surface area contributed by atoms with Crippen LogP contribution in [0.3, 0.4) is 0 Å². The number of alkyl carbamates (subject to hydrolysis) is 1. The standard InChI is InChI=1S/C20H32N2O4/c1-20(2,3)26-19(24)21-13-9-15-22(4)14-8-12-18(23)25-16-17-10-6-5-7-11-17/h5-7,10-11H,8-9,12-16H2,1-4H3,(H,21,24). The summed E-state index contributed by atoms with van der Waals surface area (Å²) in [6.45, 7) is 8.06. The molecule has 0 aliphatic rings. The molecular weight excluding hydrogens is 332 g/mol. The van der Waals surface area contributed by atoms with Crippen LogP contribution in [0, 0.1) is 0 Å². The average molecular weight is 364 g/mol. The number of esters is 1. The van der Waals surface area contributed by atoms with Crippen LogP contribution in [0.4, 0.5) is 4.79 Å². The quantitative estimate of drug-likeness (QED) is 0.509. The lowest BCUT2D eigenvalue weighted by Crippen LogP contribution is -2.34. The van der Waals surface area contributed by atoms with Crippen LogP contribution in [-0.4, -0.2) is 49.2 Å². The number of benzene rings is 1. The van der Waals surface area contributed by atoms with Crippen molar-refractivity contribution in [2.45, 2.75) is 52.2 Å². The largest absolute Gasteiger partial charge is 0.461 e. The van der Waals surface area contributed by atoms with Crippen molar-refractivity contribution in [3.63, 3.8) is 0 Å². The van der Waals surface area contributed by atoms with Gasteiger partial charge in [0.2, 0.25) is 0 Å². The Hall–Kier alpha value is -2.08. The average Bonchev–Trinajstić information content (AvgIpc) is 2.56. The summed E-state index contributed by atoms with van der Waals surface area (Å²) in [7, 11) is 2.00. The molecule has 0 saturated carbocycles. The fourth-order valence-electron chi connectivity index (χ4n) is 2.27. The second kappa shape index (κ2) is 11.5. The van der Waals surface area contributed by atoms with Gasteiger partial charge in [-0.15, -0.1) is 0 Å². The van der Waals surface area contributed by atoms with E-state index in [2.05, 4.69) is 10.2 Å². The maximum absolute atomic E-state index is 11.7. The molecule has 1 N–H and O–H groups in total. The van der Waals surface area contributed by atoms with Crippen LogP contribution in [0.2, 0.25) is 0 Å². The zero-order valence-corrected chi connectivity index (χ0v) is 16.4. The summed E-state index contributed by atoms with van der Waals surface area (Å²) in [6, 6.07) is 9.66. The van der Waals surface area contributed by atoms with Gasteiger partial charge in [-0.1, -0.05) is 30.3 Å². The Morgan fingerprint density at radius 2 is 1.73 bits per heavy atom. The molecule has 6 heteroatoms. The molecule has 1 aromatic rings. The predicted octanol–water partition coefficient (Wildman–Crippen LogP) is 3.36. The number of ether oxygens (including phenoxy) is 2. The Balaban J connectivity index is 2.03. The molecule has 0 aliphatic heterocycles. The van der Waals surface area contributed by atoms with E-state index in [1.165, 1.54) is 0 Å². The third-order valence-electron chi connectivity index (χ3n) is 3.55. The summed E-state index contributed by atoms with van der Waals surface area (Å²) in [5, 5.41) is 2.74. The van der Waals surface area contributed by atoms with Crippen molar-refractivity contribution in [2.24, 2.45) is 0 Å². The zero-order valence-electron chi connectivity index (χ0n) is 16.4. The lowest BCUT2D eigenvalue weighted by Gasteiger charge is -2.20. The van der Waals surface area contributed by atoms with Crippen LogP contribution in [0.15, 0.2) is 30.3 Å². The van der Waals surface area contributed by atoms with Gasteiger partial charge in [0.25, 0.3) is 0 Å². The first-order chi connectivity index (χ1) is 12.3. The molecule has 26 heavy (non-hydrogen) atoms. The van der Waals surface area contributed by atoms with Crippen LogP contribution in [0.5, 0.6) is 0 Å². The number of rotatable bonds is 10. The van der Waals surface area contributed by atoms with E-state index in [0.717, 1.165) is 31.5 Å². The van der Waals surface area contributed by atoms with Gasteiger partial charge in [0.05, 0.1) is 0 Å². The Labute approximate surface area is 156 Å². The lowest BCUT2D eigenvalue weighted by molar-refractivity contribution is -0.145. The van der Waals surface area contributed by atoms with Crippen molar-refractivity contribution in [2.75, 3.05) is 26.7 Å². The molecule has 0 aromatic heterocycles. The normalized spacial score (nSPS) is 11.3. The zero-order chi connectivity index (χ0) is 19.4. The van der Waals surface area contributed by atoms with E-state index in [0.29, 0.717) is 19.6 Å². The van der Waals surface area contributed by atoms with Crippen molar-refractivity contribution in [1.82, 2.24) is 10.2 Å². The van der Waals surface area contributed by atoms with Gasteiger partial charge in [-0.25, -0.2) is 4.79 Å². The van der Waals surface area contributed by atoms with Crippen LogP contribution in [-0.2, 0) is 20.9 Å². The van der Waals surface area contributed by atoms with E-state index in [4.69, 9.17) is 9.47 Å². The highest BCUT2D eigenvalue weighted by molar-refractivity contribution is 5.69. The van der Waals surface area contributed by atoms with Crippen molar-refractivity contribution in [3.8, 4) is 0 Å². The van der Waals surface area contributed by atoms with Gasteiger partial charge in [0, 0.05) is 13.0 Å². The number of hydrogen-bond donors (Lipinski definition) is 1. The molecule has 1 aromatic carbocycles. The van der Waals surface area contributed by atoms with Crippen molar-refractivity contribution in [1.29, 1.82) is 0 Å². The predicted molar refractivity (Wildman–Crippen MR) is 102 cm³/mol. The van der Waals surface area contributed by atoms with Gasteiger partial charge in [-0.3, -0.25) is 4.79 Å². The van der Waals surface area contributed by atoms with E-state index >= 15 is 0 Å². The minimum absolute atomic E-state index is 0.172. The number of nitrogens with zero attached hydrogens (tertiary/aromatic N) is 1. The first kappa shape index (κ1) is 22.0. The third kappa shape index (κ3) is 11.5.